The number of carbonyl (C=O) groups is 1. The molecule has 2 heterocycles. The van der Waals surface area contributed by atoms with Gasteiger partial charge in [0.15, 0.2) is 0 Å². The molecule has 2 aliphatic heterocycles. The number of anilines is 1. The van der Waals surface area contributed by atoms with Gasteiger partial charge in [0.1, 0.15) is 5.75 Å². The summed E-state index contributed by atoms with van der Waals surface area (Å²) in [5.41, 5.74) is 4.06. The molecule has 0 spiro atoms. The second-order valence-corrected chi connectivity index (χ2v) is 8.32. The Balaban J connectivity index is 1.59. The molecule has 1 amide bonds. The lowest BCUT2D eigenvalue weighted by Gasteiger charge is -2.42. The zero-order chi connectivity index (χ0) is 21.1. The number of nitriles is 1. The maximum atomic E-state index is 13.0. The van der Waals surface area contributed by atoms with E-state index in [4.69, 9.17) is 4.74 Å². The van der Waals surface area contributed by atoms with E-state index in [-0.39, 0.29) is 11.8 Å². The van der Waals surface area contributed by atoms with Crippen molar-refractivity contribution >= 4 is 23.4 Å². The maximum Gasteiger partial charge on any atom is 0.229 e. The smallest absolute Gasteiger partial charge is 0.229 e. The van der Waals surface area contributed by atoms with E-state index in [9.17, 15) is 10.1 Å². The summed E-state index contributed by atoms with van der Waals surface area (Å²) < 4.78 is 5.51. The molecule has 1 saturated heterocycles. The molecule has 0 bridgehead atoms. The van der Waals surface area contributed by atoms with Gasteiger partial charge in [0.2, 0.25) is 5.91 Å². The number of ether oxygens (including phenoxy) is 1. The van der Waals surface area contributed by atoms with Crippen LogP contribution >= 0.6 is 11.8 Å². The lowest BCUT2D eigenvalue weighted by molar-refractivity contribution is -0.129. The van der Waals surface area contributed by atoms with Crippen LogP contribution in [-0.2, 0) is 11.2 Å². The summed E-state index contributed by atoms with van der Waals surface area (Å²) in [4.78, 5) is 17.0. The summed E-state index contributed by atoms with van der Waals surface area (Å²) >= 11 is 1.57. The van der Waals surface area contributed by atoms with Crippen molar-refractivity contribution in [3.8, 4) is 11.8 Å². The highest BCUT2D eigenvalue weighted by Gasteiger charge is 2.38. The van der Waals surface area contributed by atoms with Crippen LogP contribution < -0.4 is 9.64 Å². The first-order valence-electron chi connectivity index (χ1n) is 10.3. The first-order chi connectivity index (χ1) is 14.6. The van der Waals surface area contributed by atoms with Gasteiger partial charge in [0.05, 0.1) is 35.8 Å². The molecule has 2 aliphatic rings. The fourth-order valence-corrected chi connectivity index (χ4v) is 5.08. The Hall–Kier alpha value is -2.91. The second kappa shape index (κ2) is 8.85. The van der Waals surface area contributed by atoms with Crippen molar-refractivity contribution in [3.05, 3.63) is 70.3 Å². The van der Waals surface area contributed by atoms with Crippen molar-refractivity contribution in [2.75, 3.05) is 24.1 Å². The molecule has 4 rings (SSSR count). The molecule has 6 heteroatoms. The minimum atomic E-state index is -0.202. The fraction of sp³-hybridized carbons (Fsp3) is 0.333. The zero-order valence-corrected chi connectivity index (χ0v) is 18.1. The molecule has 2 aromatic carbocycles. The predicted molar refractivity (Wildman–Crippen MR) is 120 cm³/mol. The zero-order valence-electron chi connectivity index (χ0n) is 17.3. The molecule has 0 aromatic heterocycles. The van der Waals surface area contributed by atoms with E-state index in [0.717, 1.165) is 28.5 Å². The topological polar surface area (TPSA) is 56.6 Å². The van der Waals surface area contributed by atoms with Crippen LogP contribution in [0.1, 0.15) is 37.3 Å². The van der Waals surface area contributed by atoms with E-state index in [1.165, 1.54) is 5.56 Å². The van der Waals surface area contributed by atoms with Crippen LogP contribution in [0.15, 0.2) is 59.1 Å². The van der Waals surface area contributed by atoms with Crippen LogP contribution in [0.3, 0.4) is 0 Å². The van der Waals surface area contributed by atoms with Gasteiger partial charge in [-0.2, -0.15) is 5.26 Å². The van der Waals surface area contributed by atoms with Crippen molar-refractivity contribution in [1.82, 2.24) is 4.90 Å². The minimum absolute atomic E-state index is 0.0604. The van der Waals surface area contributed by atoms with Crippen molar-refractivity contribution in [2.24, 2.45) is 0 Å². The number of nitrogens with zero attached hydrogens (tertiary/aromatic N) is 3. The van der Waals surface area contributed by atoms with E-state index < -0.39 is 0 Å². The van der Waals surface area contributed by atoms with Crippen LogP contribution in [-0.4, -0.2) is 30.0 Å². The third-order valence-corrected chi connectivity index (χ3v) is 6.75. The highest BCUT2D eigenvalue weighted by Crippen LogP contribution is 2.43. The van der Waals surface area contributed by atoms with Gasteiger partial charge in [-0.05, 0) is 48.7 Å². The molecular formula is C24H25N3O2S. The second-order valence-electron chi connectivity index (χ2n) is 7.39. The lowest BCUT2D eigenvalue weighted by Crippen LogP contribution is -2.47. The molecule has 0 saturated carbocycles. The Morgan fingerprint density at radius 2 is 1.87 bits per heavy atom. The number of fused-ring (bicyclic) bond motifs is 1. The van der Waals surface area contributed by atoms with Crippen molar-refractivity contribution in [1.29, 1.82) is 5.26 Å². The van der Waals surface area contributed by atoms with E-state index in [1.807, 2.05) is 31.2 Å². The van der Waals surface area contributed by atoms with Gasteiger partial charge in [0, 0.05) is 18.0 Å². The van der Waals surface area contributed by atoms with Crippen LogP contribution in [0.4, 0.5) is 5.69 Å². The van der Waals surface area contributed by atoms with E-state index >= 15 is 0 Å². The lowest BCUT2D eigenvalue weighted by atomic mass is 9.86. The highest BCUT2D eigenvalue weighted by atomic mass is 32.2. The largest absolute Gasteiger partial charge is 0.494 e. The Bertz CT molecular complexity index is 993. The SMILES string of the molecule is CCOc1ccc([C@@H]2CC(=O)N3CN(c4ccc(CC)cc4)CSC3=C2C#N)cc1. The molecular weight excluding hydrogens is 394 g/mol. The van der Waals surface area contributed by atoms with Crippen LogP contribution in [0.5, 0.6) is 5.75 Å². The van der Waals surface area contributed by atoms with Gasteiger partial charge >= 0.3 is 0 Å². The maximum absolute atomic E-state index is 13.0. The van der Waals surface area contributed by atoms with Crippen LogP contribution in [0, 0.1) is 11.3 Å². The molecule has 5 nitrogen and oxygen atoms in total. The average molecular weight is 420 g/mol. The Kier molecular flexibility index (Phi) is 6.01. The first-order valence-corrected chi connectivity index (χ1v) is 11.3. The number of carbonyl (C=O) groups excluding carboxylic acids is 1. The summed E-state index contributed by atoms with van der Waals surface area (Å²) in [5, 5.41) is 10.7. The third kappa shape index (κ3) is 3.90. The number of benzene rings is 2. The average Bonchev–Trinajstić information content (AvgIpc) is 2.79. The minimum Gasteiger partial charge on any atom is -0.494 e. The quantitative estimate of drug-likeness (QED) is 0.692. The monoisotopic (exact) mass is 419 g/mol. The standard InChI is InChI=1S/C24H25N3O2S/c1-3-17-5-9-19(10-6-17)26-15-27-23(28)13-21(22(14-25)24(27)30-16-26)18-7-11-20(12-8-18)29-4-2/h5-12,21H,3-4,13,15-16H2,1-2H3/t21-/m0/s1. The van der Waals surface area contributed by atoms with Gasteiger partial charge in [-0.25, -0.2) is 0 Å². The first kappa shape index (κ1) is 20.4. The van der Waals surface area contributed by atoms with Crippen molar-refractivity contribution in [2.45, 2.75) is 32.6 Å². The molecule has 0 N–H and O–H groups in total. The molecule has 0 unspecified atom stereocenters. The predicted octanol–water partition coefficient (Wildman–Crippen LogP) is 4.87. The Labute approximate surface area is 181 Å². The summed E-state index contributed by atoms with van der Waals surface area (Å²) in [7, 11) is 0. The number of aryl methyl sites for hydroxylation is 1. The number of hydrogen-bond acceptors (Lipinski definition) is 5. The summed E-state index contributed by atoms with van der Waals surface area (Å²) in [6.45, 7) is 5.17. The molecule has 0 aliphatic carbocycles. The van der Waals surface area contributed by atoms with Crippen molar-refractivity contribution < 1.29 is 9.53 Å². The van der Waals surface area contributed by atoms with Gasteiger partial charge < -0.3 is 9.64 Å². The molecule has 1 atom stereocenters. The van der Waals surface area contributed by atoms with Crippen LogP contribution in [0.2, 0.25) is 0 Å². The van der Waals surface area contributed by atoms with Gasteiger partial charge in [-0.1, -0.05) is 43.0 Å². The Morgan fingerprint density at radius 3 is 2.50 bits per heavy atom. The highest BCUT2D eigenvalue weighted by molar-refractivity contribution is 8.03. The van der Waals surface area contributed by atoms with E-state index in [0.29, 0.717) is 31.1 Å². The Morgan fingerprint density at radius 1 is 1.13 bits per heavy atom. The third-order valence-electron chi connectivity index (χ3n) is 5.60. The van der Waals surface area contributed by atoms with Gasteiger partial charge in [0.25, 0.3) is 0 Å². The number of amides is 1. The number of hydrogen-bond donors (Lipinski definition) is 0. The van der Waals surface area contributed by atoms with E-state index in [1.54, 1.807) is 16.7 Å². The molecule has 2 aromatic rings. The van der Waals surface area contributed by atoms with Gasteiger partial charge in [-0.3, -0.25) is 9.69 Å². The number of thioether (sulfide) groups is 1. The molecule has 30 heavy (non-hydrogen) atoms. The summed E-state index contributed by atoms with van der Waals surface area (Å²) in [6.07, 6.45) is 1.31. The van der Waals surface area contributed by atoms with Crippen LogP contribution in [0.25, 0.3) is 0 Å². The molecule has 1 fully saturated rings. The van der Waals surface area contributed by atoms with Gasteiger partial charge in [-0.15, -0.1) is 0 Å². The normalized spacial score (nSPS) is 18.8. The summed E-state index contributed by atoms with van der Waals surface area (Å²) in [5.74, 6) is 1.37. The number of rotatable bonds is 5. The number of allylic oxidation sites excluding steroid dienone is 1. The molecule has 0 radical (unpaired) electrons. The summed E-state index contributed by atoms with van der Waals surface area (Å²) in [6, 6.07) is 18.6. The fourth-order valence-electron chi connectivity index (χ4n) is 3.92. The molecule has 154 valence electrons. The van der Waals surface area contributed by atoms with Crippen molar-refractivity contribution in [3.63, 3.8) is 0 Å². The van der Waals surface area contributed by atoms with E-state index in [2.05, 4.69) is 42.2 Å².